The summed E-state index contributed by atoms with van der Waals surface area (Å²) >= 11 is 0. The van der Waals surface area contributed by atoms with Gasteiger partial charge in [0.05, 0.1) is 12.0 Å². The zero-order valence-corrected chi connectivity index (χ0v) is 10.1. The average Bonchev–Trinajstić information content (AvgIpc) is 2.40. The number of para-hydroxylation sites is 1. The zero-order valence-electron chi connectivity index (χ0n) is 10.1. The van der Waals surface area contributed by atoms with Crippen LogP contribution in [0.2, 0.25) is 0 Å². The van der Waals surface area contributed by atoms with Crippen molar-refractivity contribution in [2.45, 2.75) is 18.9 Å². The van der Waals surface area contributed by atoms with Crippen LogP contribution in [0.4, 0.5) is 0 Å². The summed E-state index contributed by atoms with van der Waals surface area (Å²) < 4.78 is 6.02. The van der Waals surface area contributed by atoms with Gasteiger partial charge in [-0.05, 0) is 25.1 Å². The monoisotopic (exact) mass is 239 g/mol. The van der Waals surface area contributed by atoms with Gasteiger partial charge in [-0.3, -0.25) is 9.78 Å². The van der Waals surface area contributed by atoms with Gasteiger partial charge in [-0.15, -0.1) is 0 Å². The second kappa shape index (κ2) is 3.95. The minimum Gasteiger partial charge on any atom is -0.482 e. The number of Topliss-reactive ketones (excluding diaryl/α,β-unsaturated/α-hetero) is 1. The maximum absolute atomic E-state index is 12.2. The third-order valence-electron chi connectivity index (χ3n) is 3.29. The Hall–Kier alpha value is -2.16. The van der Waals surface area contributed by atoms with Crippen molar-refractivity contribution in [3.8, 4) is 5.75 Å². The summed E-state index contributed by atoms with van der Waals surface area (Å²) in [6.45, 7) is 1.93. The van der Waals surface area contributed by atoms with Gasteiger partial charge in [0, 0.05) is 18.0 Å². The first-order chi connectivity index (χ1) is 8.69. The molecule has 0 radical (unpaired) electrons. The molecule has 0 fully saturated rings. The van der Waals surface area contributed by atoms with Gasteiger partial charge in [0.1, 0.15) is 11.4 Å². The molecule has 2 aromatic rings. The molecule has 3 rings (SSSR count). The van der Waals surface area contributed by atoms with E-state index >= 15 is 0 Å². The van der Waals surface area contributed by atoms with Gasteiger partial charge in [0.25, 0.3) is 0 Å². The molecule has 1 unspecified atom stereocenters. The van der Waals surface area contributed by atoms with Crippen LogP contribution in [0.15, 0.2) is 48.8 Å². The predicted molar refractivity (Wildman–Crippen MR) is 67.6 cm³/mol. The van der Waals surface area contributed by atoms with Crippen LogP contribution < -0.4 is 4.74 Å². The van der Waals surface area contributed by atoms with Crippen molar-refractivity contribution in [3.05, 3.63) is 59.9 Å². The molecular formula is C15H13NO2. The Labute approximate surface area is 105 Å². The van der Waals surface area contributed by atoms with E-state index in [4.69, 9.17) is 4.74 Å². The number of benzene rings is 1. The average molecular weight is 239 g/mol. The summed E-state index contributed by atoms with van der Waals surface area (Å²) in [7, 11) is 0. The van der Waals surface area contributed by atoms with Crippen molar-refractivity contribution in [2.24, 2.45) is 0 Å². The molecule has 2 heterocycles. The van der Waals surface area contributed by atoms with Crippen molar-refractivity contribution in [1.29, 1.82) is 0 Å². The number of hydrogen-bond donors (Lipinski definition) is 0. The highest BCUT2D eigenvalue weighted by molar-refractivity contribution is 6.00. The second-order valence-corrected chi connectivity index (χ2v) is 4.67. The molecular weight excluding hydrogens is 226 g/mol. The van der Waals surface area contributed by atoms with E-state index in [-0.39, 0.29) is 5.78 Å². The number of pyridine rings is 1. The predicted octanol–water partition coefficient (Wildman–Crippen LogP) is 2.96. The maximum atomic E-state index is 12.2. The van der Waals surface area contributed by atoms with E-state index < -0.39 is 5.60 Å². The number of rotatable bonds is 1. The van der Waals surface area contributed by atoms with E-state index in [0.29, 0.717) is 17.7 Å². The molecule has 1 aliphatic heterocycles. The van der Waals surface area contributed by atoms with Gasteiger partial charge in [-0.1, -0.05) is 18.2 Å². The van der Waals surface area contributed by atoms with Crippen LogP contribution in [-0.2, 0) is 5.60 Å². The highest BCUT2D eigenvalue weighted by atomic mass is 16.5. The largest absolute Gasteiger partial charge is 0.482 e. The standard InChI is InChI=1S/C15H13NO2/c1-15(11-5-4-8-16-10-11)9-13(17)12-6-2-3-7-14(12)18-15/h2-8,10H,9H2,1H3. The van der Waals surface area contributed by atoms with Crippen LogP contribution in [0.5, 0.6) is 5.75 Å². The van der Waals surface area contributed by atoms with Gasteiger partial charge in [0.2, 0.25) is 0 Å². The highest BCUT2D eigenvalue weighted by Gasteiger charge is 2.37. The molecule has 0 saturated heterocycles. The van der Waals surface area contributed by atoms with Gasteiger partial charge < -0.3 is 4.74 Å². The van der Waals surface area contributed by atoms with Crippen molar-refractivity contribution >= 4 is 5.78 Å². The number of hydrogen-bond acceptors (Lipinski definition) is 3. The number of fused-ring (bicyclic) bond motifs is 1. The minimum absolute atomic E-state index is 0.114. The molecule has 0 N–H and O–H groups in total. The Morgan fingerprint density at radius 3 is 2.83 bits per heavy atom. The van der Waals surface area contributed by atoms with Crippen molar-refractivity contribution in [2.75, 3.05) is 0 Å². The molecule has 3 nitrogen and oxygen atoms in total. The Morgan fingerprint density at radius 1 is 1.22 bits per heavy atom. The molecule has 0 spiro atoms. The van der Waals surface area contributed by atoms with E-state index in [1.807, 2.05) is 37.3 Å². The van der Waals surface area contributed by atoms with E-state index in [1.54, 1.807) is 18.5 Å². The van der Waals surface area contributed by atoms with E-state index in [0.717, 1.165) is 5.56 Å². The van der Waals surface area contributed by atoms with Crippen molar-refractivity contribution in [1.82, 2.24) is 4.98 Å². The van der Waals surface area contributed by atoms with Crippen LogP contribution in [0.25, 0.3) is 0 Å². The maximum Gasteiger partial charge on any atom is 0.170 e. The summed E-state index contributed by atoms with van der Waals surface area (Å²) in [5.41, 5.74) is 0.964. The molecule has 3 heteroatoms. The lowest BCUT2D eigenvalue weighted by Gasteiger charge is -2.35. The second-order valence-electron chi connectivity index (χ2n) is 4.67. The lowest BCUT2D eigenvalue weighted by atomic mass is 9.86. The van der Waals surface area contributed by atoms with E-state index in [1.165, 1.54) is 0 Å². The molecule has 90 valence electrons. The summed E-state index contributed by atoms with van der Waals surface area (Å²) in [4.78, 5) is 16.3. The fourth-order valence-electron chi connectivity index (χ4n) is 2.30. The number of aromatic nitrogens is 1. The van der Waals surface area contributed by atoms with Crippen LogP contribution in [0.1, 0.15) is 29.3 Å². The van der Waals surface area contributed by atoms with Gasteiger partial charge in [0.15, 0.2) is 5.78 Å². The Kier molecular flexibility index (Phi) is 2.40. The smallest absolute Gasteiger partial charge is 0.170 e. The van der Waals surface area contributed by atoms with Crippen molar-refractivity contribution < 1.29 is 9.53 Å². The molecule has 0 amide bonds. The summed E-state index contributed by atoms with van der Waals surface area (Å²) in [5.74, 6) is 0.767. The fourth-order valence-corrected chi connectivity index (χ4v) is 2.30. The van der Waals surface area contributed by atoms with E-state index in [9.17, 15) is 4.79 Å². The third kappa shape index (κ3) is 1.68. The highest BCUT2D eigenvalue weighted by Crippen LogP contribution is 2.38. The number of ether oxygens (including phenoxy) is 1. The lowest BCUT2D eigenvalue weighted by Crippen LogP contribution is -2.36. The Bertz CT molecular complexity index is 594. The first-order valence-electron chi connectivity index (χ1n) is 5.91. The zero-order chi connectivity index (χ0) is 12.6. The van der Waals surface area contributed by atoms with Crippen LogP contribution >= 0.6 is 0 Å². The molecule has 0 aliphatic carbocycles. The number of nitrogens with zero attached hydrogens (tertiary/aromatic N) is 1. The van der Waals surface area contributed by atoms with Crippen LogP contribution in [0, 0.1) is 0 Å². The quantitative estimate of drug-likeness (QED) is 0.768. The molecule has 1 aliphatic rings. The Morgan fingerprint density at radius 2 is 2.06 bits per heavy atom. The van der Waals surface area contributed by atoms with Crippen LogP contribution in [0.3, 0.4) is 0 Å². The minimum atomic E-state index is -0.625. The van der Waals surface area contributed by atoms with E-state index in [2.05, 4.69) is 4.98 Å². The normalized spacial score (nSPS) is 22.2. The van der Waals surface area contributed by atoms with Gasteiger partial charge in [-0.2, -0.15) is 0 Å². The molecule has 0 saturated carbocycles. The molecule has 1 aromatic heterocycles. The lowest BCUT2D eigenvalue weighted by molar-refractivity contribution is 0.0502. The summed E-state index contributed by atoms with van der Waals surface area (Å²) in [5, 5.41) is 0. The molecule has 18 heavy (non-hydrogen) atoms. The molecule has 1 atom stereocenters. The fraction of sp³-hybridized carbons (Fsp3) is 0.200. The number of carbonyl (C=O) groups is 1. The molecule has 1 aromatic carbocycles. The number of carbonyl (C=O) groups excluding carboxylic acids is 1. The number of ketones is 1. The topological polar surface area (TPSA) is 39.2 Å². The van der Waals surface area contributed by atoms with Gasteiger partial charge in [-0.25, -0.2) is 0 Å². The summed E-state index contributed by atoms with van der Waals surface area (Å²) in [6, 6.07) is 11.2. The Balaban J connectivity index is 2.06. The van der Waals surface area contributed by atoms with Crippen molar-refractivity contribution in [3.63, 3.8) is 0 Å². The first-order valence-corrected chi connectivity index (χ1v) is 5.91. The van der Waals surface area contributed by atoms with Gasteiger partial charge >= 0.3 is 0 Å². The first kappa shape index (κ1) is 11.0. The summed E-state index contributed by atoms with van der Waals surface area (Å²) in [6.07, 6.45) is 3.81. The van der Waals surface area contributed by atoms with Crippen LogP contribution in [-0.4, -0.2) is 10.8 Å². The molecule has 0 bridgehead atoms. The third-order valence-corrected chi connectivity index (χ3v) is 3.29. The SMILES string of the molecule is CC1(c2cccnc2)CC(=O)c2ccccc2O1.